The maximum Gasteiger partial charge on any atom is 0.164 e. The van der Waals surface area contributed by atoms with Crippen molar-refractivity contribution in [2.24, 2.45) is 5.73 Å². The molecule has 2 rings (SSSR count). The Balaban J connectivity index is 2.31. The van der Waals surface area contributed by atoms with Crippen LogP contribution in [0.25, 0.3) is 0 Å². The molecular formula is C13H19NO2. The summed E-state index contributed by atoms with van der Waals surface area (Å²) in [6, 6.07) is 4.26. The molecule has 1 aromatic carbocycles. The summed E-state index contributed by atoms with van der Waals surface area (Å²) in [5, 5.41) is 0. The third kappa shape index (κ3) is 2.14. The molecule has 2 N–H and O–H groups in total. The molecule has 0 aromatic heterocycles. The SMILES string of the molecule is Cc1cc(C(C)CCN)cc2c1OCCO2. The molecule has 1 aromatic rings. The fourth-order valence-electron chi connectivity index (χ4n) is 2.06. The van der Waals surface area contributed by atoms with Gasteiger partial charge < -0.3 is 15.2 Å². The molecule has 0 saturated heterocycles. The number of nitrogens with two attached hydrogens (primary N) is 1. The van der Waals surface area contributed by atoms with Crippen molar-refractivity contribution in [1.29, 1.82) is 0 Å². The second-order valence-electron chi connectivity index (χ2n) is 4.34. The lowest BCUT2D eigenvalue weighted by atomic mass is 9.95. The zero-order valence-corrected chi connectivity index (χ0v) is 9.95. The predicted octanol–water partition coefficient (Wildman–Crippen LogP) is 2.22. The number of hydrogen-bond acceptors (Lipinski definition) is 3. The van der Waals surface area contributed by atoms with E-state index in [1.165, 1.54) is 5.56 Å². The minimum atomic E-state index is 0.472. The molecule has 88 valence electrons. The Bertz CT molecular complexity index is 376. The molecule has 1 aliphatic rings. The molecule has 0 fully saturated rings. The van der Waals surface area contributed by atoms with Gasteiger partial charge in [0, 0.05) is 0 Å². The molecule has 16 heavy (non-hydrogen) atoms. The number of rotatable bonds is 3. The van der Waals surface area contributed by atoms with Crippen LogP contribution < -0.4 is 15.2 Å². The van der Waals surface area contributed by atoms with Gasteiger partial charge in [-0.3, -0.25) is 0 Å². The molecule has 0 aliphatic carbocycles. The Labute approximate surface area is 96.5 Å². The molecule has 0 amide bonds. The van der Waals surface area contributed by atoms with Crippen LogP contribution in [0.15, 0.2) is 12.1 Å². The van der Waals surface area contributed by atoms with Gasteiger partial charge in [0.25, 0.3) is 0 Å². The monoisotopic (exact) mass is 221 g/mol. The van der Waals surface area contributed by atoms with Crippen LogP contribution in [0, 0.1) is 6.92 Å². The molecule has 1 unspecified atom stereocenters. The van der Waals surface area contributed by atoms with E-state index in [1.54, 1.807) is 0 Å². The molecule has 0 bridgehead atoms. The smallest absolute Gasteiger partial charge is 0.164 e. The van der Waals surface area contributed by atoms with E-state index in [4.69, 9.17) is 15.2 Å². The Hall–Kier alpha value is -1.22. The van der Waals surface area contributed by atoms with Gasteiger partial charge in [0.15, 0.2) is 11.5 Å². The fourth-order valence-corrected chi connectivity index (χ4v) is 2.06. The Morgan fingerprint density at radius 2 is 2.06 bits per heavy atom. The summed E-state index contributed by atoms with van der Waals surface area (Å²) in [7, 11) is 0. The van der Waals surface area contributed by atoms with Crippen molar-refractivity contribution in [2.75, 3.05) is 19.8 Å². The summed E-state index contributed by atoms with van der Waals surface area (Å²) in [5.74, 6) is 2.25. The van der Waals surface area contributed by atoms with Gasteiger partial charge in [0.2, 0.25) is 0 Å². The minimum absolute atomic E-state index is 0.472. The highest BCUT2D eigenvalue weighted by Gasteiger charge is 2.17. The first-order chi connectivity index (χ1) is 7.72. The zero-order chi connectivity index (χ0) is 11.5. The summed E-state index contributed by atoms with van der Waals surface area (Å²) in [6.45, 7) is 6.26. The topological polar surface area (TPSA) is 44.5 Å². The van der Waals surface area contributed by atoms with Crippen molar-refractivity contribution >= 4 is 0 Å². The Morgan fingerprint density at radius 1 is 1.31 bits per heavy atom. The van der Waals surface area contributed by atoms with Crippen molar-refractivity contribution in [1.82, 2.24) is 0 Å². The number of hydrogen-bond donors (Lipinski definition) is 1. The molecule has 0 spiro atoms. The molecule has 3 heteroatoms. The van der Waals surface area contributed by atoms with Crippen LogP contribution in [0.5, 0.6) is 11.5 Å². The number of ether oxygens (including phenoxy) is 2. The van der Waals surface area contributed by atoms with E-state index < -0.39 is 0 Å². The average Bonchev–Trinajstić information content (AvgIpc) is 2.29. The fraction of sp³-hybridized carbons (Fsp3) is 0.538. The third-order valence-electron chi connectivity index (χ3n) is 3.02. The van der Waals surface area contributed by atoms with Crippen LogP contribution in [-0.2, 0) is 0 Å². The van der Waals surface area contributed by atoms with Crippen LogP contribution in [0.4, 0.5) is 0 Å². The molecule has 0 saturated carbocycles. The van der Waals surface area contributed by atoms with E-state index in [0.29, 0.717) is 25.7 Å². The van der Waals surface area contributed by atoms with E-state index in [-0.39, 0.29) is 0 Å². The highest BCUT2D eigenvalue weighted by atomic mass is 16.6. The van der Waals surface area contributed by atoms with E-state index in [1.807, 2.05) is 0 Å². The van der Waals surface area contributed by atoms with E-state index >= 15 is 0 Å². The van der Waals surface area contributed by atoms with Crippen molar-refractivity contribution in [3.63, 3.8) is 0 Å². The van der Waals surface area contributed by atoms with E-state index in [9.17, 15) is 0 Å². The summed E-state index contributed by atoms with van der Waals surface area (Å²) in [4.78, 5) is 0. The Kier molecular flexibility index (Phi) is 3.34. The summed E-state index contributed by atoms with van der Waals surface area (Å²) < 4.78 is 11.2. The number of benzene rings is 1. The molecule has 1 atom stereocenters. The summed E-state index contributed by atoms with van der Waals surface area (Å²) >= 11 is 0. The van der Waals surface area contributed by atoms with Gasteiger partial charge in [0.1, 0.15) is 13.2 Å². The third-order valence-corrected chi connectivity index (χ3v) is 3.02. The normalized spacial score (nSPS) is 15.9. The predicted molar refractivity (Wildman–Crippen MR) is 64.3 cm³/mol. The van der Waals surface area contributed by atoms with Gasteiger partial charge in [-0.1, -0.05) is 13.0 Å². The number of fused-ring (bicyclic) bond motifs is 1. The van der Waals surface area contributed by atoms with Gasteiger partial charge in [-0.15, -0.1) is 0 Å². The first kappa shape index (κ1) is 11.3. The number of aryl methyl sites for hydroxylation is 1. The van der Waals surface area contributed by atoms with Crippen LogP contribution in [0.2, 0.25) is 0 Å². The lowest BCUT2D eigenvalue weighted by Gasteiger charge is -2.22. The van der Waals surface area contributed by atoms with Gasteiger partial charge in [-0.25, -0.2) is 0 Å². The van der Waals surface area contributed by atoms with Gasteiger partial charge in [-0.05, 0) is 43.0 Å². The van der Waals surface area contributed by atoms with Crippen LogP contribution in [0.1, 0.15) is 30.4 Å². The molecule has 3 nitrogen and oxygen atoms in total. The molecule has 1 heterocycles. The quantitative estimate of drug-likeness (QED) is 0.851. The zero-order valence-electron chi connectivity index (χ0n) is 9.95. The molecule has 0 radical (unpaired) electrons. The van der Waals surface area contributed by atoms with Crippen molar-refractivity contribution in [2.45, 2.75) is 26.2 Å². The van der Waals surface area contributed by atoms with E-state index in [0.717, 1.165) is 23.5 Å². The van der Waals surface area contributed by atoms with Crippen molar-refractivity contribution < 1.29 is 9.47 Å². The highest BCUT2D eigenvalue weighted by molar-refractivity contribution is 5.50. The standard InChI is InChI=1S/C13H19NO2/c1-9(3-4-14)11-7-10(2)13-12(8-11)15-5-6-16-13/h7-9H,3-6,14H2,1-2H3. The molecule has 1 aliphatic heterocycles. The van der Waals surface area contributed by atoms with Gasteiger partial charge >= 0.3 is 0 Å². The van der Waals surface area contributed by atoms with E-state index in [2.05, 4.69) is 26.0 Å². The first-order valence-corrected chi connectivity index (χ1v) is 5.82. The summed E-state index contributed by atoms with van der Waals surface area (Å²) in [6.07, 6.45) is 0.999. The maximum atomic E-state index is 5.62. The van der Waals surface area contributed by atoms with Crippen molar-refractivity contribution in [3.8, 4) is 11.5 Å². The summed E-state index contributed by atoms with van der Waals surface area (Å²) in [5.41, 5.74) is 8.02. The second-order valence-corrected chi connectivity index (χ2v) is 4.34. The van der Waals surface area contributed by atoms with Gasteiger partial charge in [-0.2, -0.15) is 0 Å². The van der Waals surface area contributed by atoms with Crippen LogP contribution in [-0.4, -0.2) is 19.8 Å². The lowest BCUT2D eigenvalue weighted by Crippen LogP contribution is -2.16. The van der Waals surface area contributed by atoms with Gasteiger partial charge in [0.05, 0.1) is 0 Å². The Morgan fingerprint density at radius 3 is 2.81 bits per heavy atom. The average molecular weight is 221 g/mol. The highest BCUT2D eigenvalue weighted by Crippen LogP contribution is 2.37. The lowest BCUT2D eigenvalue weighted by molar-refractivity contribution is 0.170. The maximum absolute atomic E-state index is 5.62. The minimum Gasteiger partial charge on any atom is -0.486 e. The van der Waals surface area contributed by atoms with Crippen molar-refractivity contribution in [3.05, 3.63) is 23.3 Å². The molecular weight excluding hydrogens is 202 g/mol. The van der Waals surface area contributed by atoms with Crippen LogP contribution in [0.3, 0.4) is 0 Å². The second kappa shape index (κ2) is 4.74. The first-order valence-electron chi connectivity index (χ1n) is 5.82. The van der Waals surface area contributed by atoms with Crippen LogP contribution >= 0.6 is 0 Å². The largest absolute Gasteiger partial charge is 0.486 e.